The molecule has 0 aromatic heterocycles. The van der Waals surface area contributed by atoms with E-state index in [1.807, 2.05) is 6.07 Å². The number of aryl methyl sites for hydroxylation is 1. The molecule has 238 valence electrons. The van der Waals surface area contributed by atoms with E-state index in [9.17, 15) is 19.2 Å². The first-order chi connectivity index (χ1) is 20.7. The highest BCUT2D eigenvalue weighted by Crippen LogP contribution is 2.61. The fourth-order valence-electron chi connectivity index (χ4n) is 7.80. The fourth-order valence-corrected chi connectivity index (χ4v) is 7.80. The molecule has 3 aliphatic carbocycles. The van der Waals surface area contributed by atoms with Gasteiger partial charge in [0.1, 0.15) is 11.5 Å². The quantitative estimate of drug-likeness (QED) is 0.114. The number of Topliss-reactive ketones (excluding diaryl/α,β-unsaturated/α-hetero) is 1. The van der Waals surface area contributed by atoms with Crippen molar-refractivity contribution in [1.29, 1.82) is 0 Å². The first kappa shape index (κ1) is 33.2. The Morgan fingerprint density at radius 2 is 1.42 bits per heavy atom. The average molecular weight is 597 g/mol. The van der Waals surface area contributed by atoms with Gasteiger partial charge in [0.05, 0.1) is 0 Å². The lowest BCUT2D eigenvalue weighted by Gasteiger charge is -2.48. The van der Waals surface area contributed by atoms with Gasteiger partial charge in [-0.2, -0.15) is 0 Å². The van der Waals surface area contributed by atoms with E-state index in [0.29, 0.717) is 43.6 Å². The molecule has 0 bridgehead atoms. The number of benzene rings is 1. The van der Waals surface area contributed by atoms with Crippen molar-refractivity contribution in [3.8, 4) is 11.5 Å². The largest absolute Gasteiger partial charge is 0.454 e. The second-order valence-electron chi connectivity index (χ2n) is 13.3. The minimum atomic E-state index is -0.672. The maximum absolute atomic E-state index is 13.6. The molecule has 7 heteroatoms. The predicted molar refractivity (Wildman–Crippen MR) is 165 cm³/mol. The highest BCUT2D eigenvalue weighted by atomic mass is 16.6. The van der Waals surface area contributed by atoms with Crippen molar-refractivity contribution >= 4 is 23.7 Å². The number of fused-ring (bicyclic) bond motifs is 5. The molecule has 43 heavy (non-hydrogen) atoms. The molecule has 0 saturated heterocycles. The third kappa shape index (κ3) is 7.88. The van der Waals surface area contributed by atoms with E-state index >= 15 is 0 Å². The zero-order valence-electron chi connectivity index (χ0n) is 26.8. The smallest absolute Gasteiger partial charge is 0.311 e. The van der Waals surface area contributed by atoms with Gasteiger partial charge in [0.15, 0.2) is 11.9 Å². The molecule has 0 spiro atoms. The number of hydrogen-bond donors (Lipinski definition) is 0. The van der Waals surface area contributed by atoms with Gasteiger partial charge in [-0.1, -0.05) is 66.2 Å². The molecule has 4 rings (SSSR count). The maximum atomic E-state index is 13.6. The Balaban J connectivity index is 1.56. The average Bonchev–Trinajstić information content (AvgIpc) is 3.22. The molecule has 5 atom stereocenters. The maximum Gasteiger partial charge on any atom is 0.311 e. The molecule has 0 radical (unpaired) electrons. The zero-order valence-corrected chi connectivity index (χ0v) is 26.8. The standard InChI is InChI=1S/C36H52O7/c1-5-8-11-14-31(37)41-25-21-24-17-18-26-27(34(24)29(22-25)42-32(38)15-12-9-6-2)19-20-36(4)28(26)23-30(35(36)40)43-33(39)16-13-10-7-3/h21-22,26-28,30H,5-20,23H2,1-4H3/t26-,27-,28-,30+,36-/m0/s1. The molecule has 2 fully saturated rings. The zero-order chi connectivity index (χ0) is 31.0. The summed E-state index contributed by atoms with van der Waals surface area (Å²) in [6.07, 6.45) is 12.4. The minimum absolute atomic E-state index is 0.0681. The second kappa shape index (κ2) is 15.3. The summed E-state index contributed by atoms with van der Waals surface area (Å²) in [5.74, 6) is 0.641. The number of rotatable bonds is 15. The van der Waals surface area contributed by atoms with Crippen LogP contribution in [0.2, 0.25) is 0 Å². The Hall–Kier alpha value is -2.70. The van der Waals surface area contributed by atoms with Crippen LogP contribution in [-0.2, 0) is 30.3 Å². The van der Waals surface area contributed by atoms with Crippen LogP contribution in [0.3, 0.4) is 0 Å². The van der Waals surface area contributed by atoms with Crippen LogP contribution in [0, 0.1) is 17.3 Å². The van der Waals surface area contributed by atoms with Gasteiger partial charge in [-0.05, 0) is 80.8 Å². The van der Waals surface area contributed by atoms with Gasteiger partial charge in [0, 0.05) is 36.3 Å². The molecule has 0 N–H and O–H groups in total. The summed E-state index contributed by atoms with van der Waals surface area (Å²) in [5, 5.41) is 0. The van der Waals surface area contributed by atoms with E-state index in [1.54, 1.807) is 6.07 Å². The molecule has 7 nitrogen and oxygen atoms in total. The van der Waals surface area contributed by atoms with E-state index in [4.69, 9.17) is 14.2 Å². The van der Waals surface area contributed by atoms with Crippen LogP contribution in [0.15, 0.2) is 12.1 Å². The van der Waals surface area contributed by atoms with E-state index in [2.05, 4.69) is 27.7 Å². The Morgan fingerprint density at radius 3 is 2.05 bits per heavy atom. The van der Waals surface area contributed by atoms with Gasteiger partial charge in [0.25, 0.3) is 0 Å². The molecule has 1 aromatic carbocycles. The van der Waals surface area contributed by atoms with Crippen LogP contribution in [0.25, 0.3) is 0 Å². The molecule has 0 heterocycles. The lowest BCUT2D eigenvalue weighted by Crippen LogP contribution is -2.43. The normalized spacial score (nSPS) is 25.8. The second-order valence-corrected chi connectivity index (χ2v) is 13.3. The van der Waals surface area contributed by atoms with Crippen LogP contribution in [0.4, 0.5) is 0 Å². The Labute approximate surface area is 257 Å². The number of ether oxygens (including phenoxy) is 3. The number of esters is 3. The van der Waals surface area contributed by atoms with Gasteiger partial charge in [0.2, 0.25) is 0 Å². The van der Waals surface area contributed by atoms with Gasteiger partial charge >= 0.3 is 17.9 Å². The van der Waals surface area contributed by atoms with Crippen molar-refractivity contribution < 1.29 is 33.4 Å². The van der Waals surface area contributed by atoms with Crippen molar-refractivity contribution in [1.82, 2.24) is 0 Å². The number of carbonyl (C=O) groups is 4. The molecule has 3 aliphatic rings. The van der Waals surface area contributed by atoms with Crippen molar-refractivity contribution in [3.63, 3.8) is 0 Å². The summed E-state index contributed by atoms with van der Waals surface area (Å²) in [6.45, 7) is 8.35. The first-order valence-electron chi connectivity index (χ1n) is 17.0. The number of carbonyl (C=O) groups excluding carboxylic acids is 4. The van der Waals surface area contributed by atoms with Crippen LogP contribution >= 0.6 is 0 Å². The van der Waals surface area contributed by atoms with Crippen LogP contribution < -0.4 is 9.47 Å². The molecule has 2 saturated carbocycles. The van der Waals surface area contributed by atoms with E-state index in [0.717, 1.165) is 88.2 Å². The summed E-state index contributed by atoms with van der Waals surface area (Å²) in [6, 6.07) is 3.68. The SMILES string of the molecule is CCCCCC(=O)Oc1cc2c(c(OC(=O)CCCCC)c1)[C@H]1CC[C@]3(C)C(=O)[C@H](OC(=O)CCCCC)C[C@H]3[C@H]1CC2. The van der Waals surface area contributed by atoms with Crippen molar-refractivity contribution in [2.24, 2.45) is 17.3 Å². The number of hydrogen-bond acceptors (Lipinski definition) is 7. The fraction of sp³-hybridized carbons (Fsp3) is 0.722. The third-order valence-corrected chi connectivity index (χ3v) is 10.2. The summed E-state index contributed by atoms with van der Waals surface area (Å²) in [5.41, 5.74) is 1.57. The lowest BCUT2D eigenvalue weighted by molar-refractivity contribution is -0.155. The van der Waals surface area contributed by atoms with E-state index < -0.39 is 11.5 Å². The molecule has 0 aliphatic heterocycles. The number of ketones is 1. The summed E-state index contributed by atoms with van der Waals surface area (Å²) >= 11 is 0. The van der Waals surface area contributed by atoms with Gasteiger partial charge in [-0.3, -0.25) is 19.2 Å². The van der Waals surface area contributed by atoms with Crippen LogP contribution in [0.5, 0.6) is 11.5 Å². The van der Waals surface area contributed by atoms with Gasteiger partial charge in [-0.25, -0.2) is 0 Å². The first-order valence-corrected chi connectivity index (χ1v) is 17.0. The van der Waals surface area contributed by atoms with E-state index in [1.165, 1.54) is 0 Å². The highest BCUT2D eigenvalue weighted by Gasteiger charge is 2.59. The van der Waals surface area contributed by atoms with Crippen molar-refractivity contribution in [3.05, 3.63) is 23.3 Å². The summed E-state index contributed by atoms with van der Waals surface area (Å²) in [7, 11) is 0. The monoisotopic (exact) mass is 596 g/mol. The van der Waals surface area contributed by atoms with E-state index in [-0.39, 0.29) is 41.4 Å². The molecular formula is C36H52O7. The Kier molecular flexibility index (Phi) is 11.8. The molecule has 0 unspecified atom stereocenters. The molecule has 1 aromatic rings. The van der Waals surface area contributed by atoms with Crippen LogP contribution in [0.1, 0.15) is 147 Å². The topological polar surface area (TPSA) is 96.0 Å². The minimum Gasteiger partial charge on any atom is -0.454 e. The summed E-state index contributed by atoms with van der Waals surface area (Å²) < 4.78 is 17.6. The van der Waals surface area contributed by atoms with Crippen molar-refractivity contribution in [2.75, 3.05) is 0 Å². The Bertz CT molecular complexity index is 1160. The number of unbranched alkanes of at least 4 members (excludes halogenated alkanes) is 6. The molecular weight excluding hydrogens is 544 g/mol. The predicted octanol–water partition coefficient (Wildman–Crippen LogP) is 8.19. The Morgan fingerprint density at radius 1 is 0.814 bits per heavy atom. The lowest BCUT2D eigenvalue weighted by atomic mass is 9.55. The van der Waals surface area contributed by atoms with Crippen molar-refractivity contribution in [2.45, 2.75) is 149 Å². The summed E-state index contributed by atoms with van der Waals surface area (Å²) in [4.78, 5) is 51.7. The highest BCUT2D eigenvalue weighted by molar-refractivity contribution is 5.93. The van der Waals surface area contributed by atoms with Crippen LogP contribution in [-0.4, -0.2) is 29.8 Å². The third-order valence-electron chi connectivity index (χ3n) is 10.2. The van der Waals surface area contributed by atoms with Gasteiger partial charge in [-0.15, -0.1) is 0 Å². The molecule has 0 amide bonds. The van der Waals surface area contributed by atoms with Gasteiger partial charge < -0.3 is 14.2 Å².